The molecule has 0 fully saturated rings. The minimum absolute atomic E-state index is 0.129. The van der Waals surface area contributed by atoms with Crippen molar-refractivity contribution < 1.29 is 9.84 Å². The van der Waals surface area contributed by atoms with Crippen LogP contribution in [0.15, 0.2) is 41.1 Å². The summed E-state index contributed by atoms with van der Waals surface area (Å²) in [6.45, 7) is 2.59. The number of thiophene rings is 1. The first-order chi connectivity index (χ1) is 9.22. The summed E-state index contributed by atoms with van der Waals surface area (Å²) in [5.74, 6) is 0.868. The summed E-state index contributed by atoms with van der Waals surface area (Å²) in [7, 11) is 1.67. The molecule has 2 N–H and O–H groups in total. The van der Waals surface area contributed by atoms with Crippen LogP contribution < -0.4 is 10.1 Å². The lowest BCUT2D eigenvalue weighted by Gasteiger charge is -2.19. The highest BCUT2D eigenvalue weighted by Gasteiger charge is 2.13. The van der Waals surface area contributed by atoms with E-state index in [1.54, 1.807) is 18.4 Å². The van der Waals surface area contributed by atoms with Crippen LogP contribution in [0.2, 0.25) is 0 Å². The molecule has 1 heterocycles. The number of ether oxygens (including phenoxy) is 1. The summed E-state index contributed by atoms with van der Waals surface area (Å²) in [5, 5.41) is 17.3. The van der Waals surface area contributed by atoms with Crippen LogP contribution in [0, 0.1) is 0 Å². The van der Waals surface area contributed by atoms with Gasteiger partial charge >= 0.3 is 0 Å². The Morgan fingerprint density at radius 2 is 2.11 bits per heavy atom. The number of hydrogen-bond donors (Lipinski definition) is 2. The number of benzene rings is 1. The number of aliphatic hydroxyl groups excluding tert-OH is 1. The third-order valence-electron chi connectivity index (χ3n) is 3.15. The van der Waals surface area contributed by atoms with Crippen LogP contribution in [-0.2, 0) is 0 Å². The molecule has 0 aliphatic heterocycles. The summed E-state index contributed by atoms with van der Waals surface area (Å²) in [6.07, 6.45) is -0.469. The first kappa shape index (κ1) is 14.1. The summed E-state index contributed by atoms with van der Waals surface area (Å²) < 4.78 is 5.34. The van der Waals surface area contributed by atoms with E-state index >= 15 is 0 Å². The Morgan fingerprint density at radius 1 is 1.32 bits per heavy atom. The number of nitrogens with one attached hydrogen (secondary N) is 1. The second-order valence-corrected chi connectivity index (χ2v) is 5.22. The van der Waals surface area contributed by atoms with Crippen LogP contribution in [0.4, 0.5) is 0 Å². The van der Waals surface area contributed by atoms with Crippen molar-refractivity contribution in [3.8, 4) is 5.75 Å². The molecule has 3 nitrogen and oxygen atoms in total. The van der Waals surface area contributed by atoms with E-state index in [9.17, 15) is 5.11 Å². The third-order valence-corrected chi connectivity index (χ3v) is 3.85. The highest BCUT2D eigenvalue weighted by molar-refractivity contribution is 7.07. The van der Waals surface area contributed by atoms with Gasteiger partial charge in [0.05, 0.1) is 13.2 Å². The van der Waals surface area contributed by atoms with Crippen molar-refractivity contribution in [3.05, 3.63) is 52.2 Å². The predicted molar refractivity (Wildman–Crippen MR) is 78.7 cm³/mol. The maximum Gasteiger partial charge on any atom is 0.123 e. The zero-order valence-electron chi connectivity index (χ0n) is 11.2. The van der Waals surface area contributed by atoms with Crippen LogP contribution in [-0.4, -0.2) is 18.8 Å². The second-order valence-electron chi connectivity index (χ2n) is 4.44. The van der Waals surface area contributed by atoms with Crippen LogP contribution in [0.1, 0.15) is 30.2 Å². The molecule has 0 radical (unpaired) electrons. The van der Waals surface area contributed by atoms with E-state index in [0.717, 1.165) is 16.9 Å². The minimum atomic E-state index is -0.469. The maximum atomic E-state index is 10.0. The van der Waals surface area contributed by atoms with Crippen LogP contribution >= 0.6 is 11.3 Å². The van der Waals surface area contributed by atoms with Crippen molar-refractivity contribution >= 4 is 11.3 Å². The highest BCUT2D eigenvalue weighted by atomic mass is 32.1. The molecule has 0 spiro atoms. The number of rotatable bonds is 6. The van der Waals surface area contributed by atoms with Gasteiger partial charge in [-0.05, 0) is 35.4 Å². The number of para-hydroxylation sites is 1. The Kier molecular flexibility index (Phi) is 4.96. The molecule has 2 unspecified atom stereocenters. The average molecular weight is 277 g/mol. The molecule has 0 amide bonds. The van der Waals surface area contributed by atoms with Crippen molar-refractivity contribution in [2.45, 2.75) is 19.1 Å². The van der Waals surface area contributed by atoms with Gasteiger partial charge in [0.15, 0.2) is 0 Å². The van der Waals surface area contributed by atoms with Gasteiger partial charge in [-0.25, -0.2) is 0 Å². The van der Waals surface area contributed by atoms with E-state index in [4.69, 9.17) is 4.74 Å². The first-order valence-corrected chi connectivity index (χ1v) is 7.23. The SMILES string of the molecule is COc1ccccc1C(C)NCC(O)c1ccsc1. The van der Waals surface area contributed by atoms with Gasteiger partial charge < -0.3 is 15.2 Å². The number of methoxy groups -OCH3 is 1. The monoisotopic (exact) mass is 277 g/mol. The van der Waals surface area contributed by atoms with Gasteiger partial charge in [-0.2, -0.15) is 11.3 Å². The van der Waals surface area contributed by atoms with E-state index in [1.165, 1.54) is 0 Å². The Hall–Kier alpha value is -1.36. The van der Waals surface area contributed by atoms with E-state index in [2.05, 4.69) is 12.2 Å². The van der Waals surface area contributed by atoms with Crippen molar-refractivity contribution in [1.29, 1.82) is 0 Å². The Morgan fingerprint density at radius 3 is 2.79 bits per heavy atom. The van der Waals surface area contributed by atoms with E-state index in [1.807, 2.05) is 41.1 Å². The normalized spacial score (nSPS) is 14.1. The highest BCUT2D eigenvalue weighted by Crippen LogP contribution is 2.25. The zero-order chi connectivity index (χ0) is 13.7. The molecule has 1 aromatic heterocycles. The molecule has 2 aromatic rings. The van der Waals surface area contributed by atoms with Gasteiger partial charge in [0.25, 0.3) is 0 Å². The fourth-order valence-electron chi connectivity index (χ4n) is 2.00. The smallest absolute Gasteiger partial charge is 0.123 e. The van der Waals surface area contributed by atoms with E-state index in [-0.39, 0.29) is 6.04 Å². The van der Waals surface area contributed by atoms with E-state index < -0.39 is 6.10 Å². The molecule has 0 saturated heterocycles. The molecule has 19 heavy (non-hydrogen) atoms. The van der Waals surface area contributed by atoms with Crippen LogP contribution in [0.5, 0.6) is 5.75 Å². The average Bonchev–Trinajstić information content (AvgIpc) is 2.98. The minimum Gasteiger partial charge on any atom is -0.496 e. The van der Waals surface area contributed by atoms with Crippen molar-refractivity contribution in [2.24, 2.45) is 0 Å². The van der Waals surface area contributed by atoms with Gasteiger partial charge in [-0.1, -0.05) is 18.2 Å². The maximum absolute atomic E-state index is 10.0. The Balaban J connectivity index is 1.96. The lowest BCUT2D eigenvalue weighted by molar-refractivity contribution is 0.171. The summed E-state index contributed by atoms with van der Waals surface area (Å²) in [4.78, 5) is 0. The molecule has 0 aliphatic rings. The molecule has 4 heteroatoms. The first-order valence-electron chi connectivity index (χ1n) is 6.29. The van der Waals surface area contributed by atoms with Crippen molar-refractivity contribution in [2.75, 3.05) is 13.7 Å². The fraction of sp³-hybridized carbons (Fsp3) is 0.333. The molecule has 0 saturated carbocycles. The molecule has 102 valence electrons. The molecule has 0 aliphatic carbocycles. The lowest BCUT2D eigenvalue weighted by Crippen LogP contribution is -2.24. The zero-order valence-corrected chi connectivity index (χ0v) is 12.0. The number of aliphatic hydroxyl groups is 1. The van der Waals surface area contributed by atoms with Crippen molar-refractivity contribution in [3.63, 3.8) is 0 Å². The Labute approximate surface area is 117 Å². The molecular weight excluding hydrogens is 258 g/mol. The van der Waals surface area contributed by atoms with Gasteiger partial charge in [0, 0.05) is 18.2 Å². The topological polar surface area (TPSA) is 41.5 Å². The van der Waals surface area contributed by atoms with E-state index in [0.29, 0.717) is 6.54 Å². The van der Waals surface area contributed by atoms with Crippen LogP contribution in [0.3, 0.4) is 0 Å². The lowest BCUT2D eigenvalue weighted by atomic mass is 10.1. The van der Waals surface area contributed by atoms with Gasteiger partial charge in [0.1, 0.15) is 5.75 Å². The number of hydrogen-bond acceptors (Lipinski definition) is 4. The standard InChI is InChI=1S/C15H19NO2S/c1-11(13-5-3-4-6-15(13)18-2)16-9-14(17)12-7-8-19-10-12/h3-8,10-11,14,16-17H,9H2,1-2H3. The third kappa shape index (κ3) is 3.56. The van der Waals surface area contributed by atoms with Crippen molar-refractivity contribution in [1.82, 2.24) is 5.32 Å². The summed E-state index contributed by atoms with van der Waals surface area (Å²) in [6, 6.07) is 10.0. The van der Waals surface area contributed by atoms with Gasteiger partial charge in [-0.15, -0.1) is 0 Å². The van der Waals surface area contributed by atoms with Crippen LogP contribution in [0.25, 0.3) is 0 Å². The fourth-order valence-corrected chi connectivity index (χ4v) is 2.71. The molecular formula is C15H19NO2S. The predicted octanol–water partition coefficient (Wildman–Crippen LogP) is 3.14. The van der Waals surface area contributed by atoms with Gasteiger partial charge in [0.2, 0.25) is 0 Å². The molecule has 1 aromatic carbocycles. The Bertz CT molecular complexity index is 499. The van der Waals surface area contributed by atoms with Gasteiger partial charge in [-0.3, -0.25) is 0 Å². The second kappa shape index (κ2) is 6.70. The quantitative estimate of drug-likeness (QED) is 0.852. The molecule has 2 atom stereocenters. The largest absolute Gasteiger partial charge is 0.496 e. The summed E-state index contributed by atoms with van der Waals surface area (Å²) >= 11 is 1.60. The molecule has 2 rings (SSSR count). The summed E-state index contributed by atoms with van der Waals surface area (Å²) in [5.41, 5.74) is 2.06. The molecule has 0 bridgehead atoms.